The number of amides is 2. The van der Waals surface area contributed by atoms with Gasteiger partial charge in [-0.1, -0.05) is 30.3 Å². The zero-order valence-electron chi connectivity index (χ0n) is 22.5. The van der Waals surface area contributed by atoms with Crippen molar-refractivity contribution in [3.8, 4) is 5.75 Å². The van der Waals surface area contributed by atoms with E-state index in [2.05, 4.69) is 15.6 Å². The van der Waals surface area contributed by atoms with Gasteiger partial charge in [-0.15, -0.1) is 11.3 Å². The van der Waals surface area contributed by atoms with Crippen LogP contribution in [0.4, 0.5) is 0 Å². The van der Waals surface area contributed by atoms with Crippen LogP contribution in [0.1, 0.15) is 61.8 Å². The van der Waals surface area contributed by atoms with Crippen LogP contribution in [0.25, 0.3) is 0 Å². The van der Waals surface area contributed by atoms with Crippen molar-refractivity contribution in [2.45, 2.75) is 63.8 Å². The third kappa shape index (κ3) is 6.49. The third-order valence-electron chi connectivity index (χ3n) is 7.45. The van der Waals surface area contributed by atoms with E-state index in [0.717, 1.165) is 47.6 Å². The minimum Gasteiger partial charge on any atom is -0.493 e. The standard InChI is InChI=1S/C30H36N4O4S/c1-19-18-39-27(32-19)17-34(2)30(37)23-15-21(16-26-22(23)10-7-13-38-26)29(36)33-25(14-20-8-4-3-5-9-20)28(35)24-11-6-12-31-24/h3-5,8-9,15-16,18,24-25,28,31,35H,6-7,10-14,17H2,1-2H3,(H,33,36)/t24-,25+,28-/m1/s1. The fourth-order valence-electron chi connectivity index (χ4n) is 5.40. The van der Waals surface area contributed by atoms with Gasteiger partial charge in [-0.3, -0.25) is 9.59 Å². The Labute approximate surface area is 233 Å². The lowest BCUT2D eigenvalue weighted by atomic mass is 9.94. The fourth-order valence-corrected chi connectivity index (χ4v) is 6.23. The lowest BCUT2D eigenvalue weighted by molar-refractivity contribution is 0.0737. The summed E-state index contributed by atoms with van der Waals surface area (Å²) in [5.41, 5.74) is 3.62. The lowest BCUT2D eigenvalue weighted by Crippen LogP contribution is -2.52. The number of rotatable bonds is 9. The molecule has 2 amide bonds. The number of aliphatic hydroxyl groups is 1. The number of nitrogens with zero attached hydrogens (tertiary/aromatic N) is 2. The molecule has 0 aliphatic carbocycles. The van der Waals surface area contributed by atoms with Gasteiger partial charge in [-0.2, -0.15) is 0 Å². The number of thiazole rings is 1. The van der Waals surface area contributed by atoms with Gasteiger partial charge in [0.2, 0.25) is 0 Å². The van der Waals surface area contributed by atoms with E-state index >= 15 is 0 Å². The maximum Gasteiger partial charge on any atom is 0.254 e. The number of aliphatic hydroxyl groups excluding tert-OH is 1. The highest BCUT2D eigenvalue weighted by Crippen LogP contribution is 2.31. The molecule has 1 aromatic heterocycles. The summed E-state index contributed by atoms with van der Waals surface area (Å²) in [4.78, 5) is 33.4. The average molecular weight is 549 g/mol. The second-order valence-corrected chi connectivity index (χ2v) is 11.4. The number of aromatic nitrogens is 1. The number of hydrogen-bond donors (Lipinski definition) is 3. The number of ether oxygens (including phenoxy) is 1. The molecule has 1 fully saturated rings. The minimum atomic E-state index is -0.750. The van der Waals surface area contributed by atoms with Crippen molar-refractivity contribution in [2.24, 2.45) is 0 Å². The maximum absolute atomic E-state index is 13.7. The number of aryl methyl sites for hydroxylation is 1. The Morgan fingerprint density at radius 2 is 2.08 bits per heavy atom. The van der Waals surface area contributed by atoms with E-state index in [9.17, 15) is 14.7 Å². The molecule has 3 heterocycles. The zero-order valence-corrected chi connectivity index (χ0v) is 23.3. The molecule has 0 bridgehead atoms. The Morgan fingerprint density at radius 3 is 2.79 bits per heavy atom. The first-order valence-electron chi connectivity index (χ1n) is 13.6. The van der Waals surface area contributed by atoms with Crippen LogP contribution in [0, 0.1) is 6.92 Å². The summed E-state index contributed by atoms with van der Waals surface area (Å²) in [6.07, 6.45) is 3.13. The molecule has 9 heteroatoms. The predicted octanol–water partition coefficient (Wildman–Crippen LogP) is 3.50. The first-order chi connectivity index (χ1) is 18.9. The molecule has 3 N–H and O–H groups in total. The van der Waals surface area contributed by atoms with E-state index in [1.165, 1.54) is 11.3 Å². The van der Waals surface area contributed by atoms with Crippen LogP contribution in [0.15, 0.2) is 47.8 Å². The van der Waals surface area contributed by atoms with Crippen LogP contribution in [0.3, 0.4) is 0 Å². The highest BCUT2D eigenvalue weighted by Gasteiger charge is 2.32. The van der Waals surface area contributed by atoms with Crippen molar-refractivity contribution in [1.82, 2.24) is 20.5 Å². The summed E-state index contributed by atoms with van der Waals surface area (Å²) < 4.78 is 5.92. The van der Waals surface area contributed by atoms with E-state index in [0.29, 0.717) is 42.9 Å². The van der Waals surface area contributed by atoms with Gasteiger partial charge in [-0.05, 0) is 63.3 Å². The molecule has 8 nitrogen and oxygen atoms in total. The van der Waals surface area contributed by atoms with Crippen molar-refractivity contribution >= 4 is 23.2 Å². The molecule has 0 unspecified atom stereocenters. The summed E-state index contributed by atoms with van der Waals surface area (Å²) in [7, 11) is 1.75. The van der Waals surface area contributed by atoms with Crippen molar-refractivity contribution in [3.05, 3.63) is 80.8 Å². The van der Waals surface area contributed by atoms with Crippen LogP contribution in [0.5, 0.6) is 5.75 Å². The van der Waals surface area contributed by atoms with E-state index in [1.54, 1.807) is 24.1 Å². The van der Waals surface area contributed by atoms with E-state index < -0.39 is 12.1 Å². The molecule has 0 radical (unpaired) electrons. The number of fused-ring (bicyclic) bond motifs is 1. The quantitative estimate of drug-likeness (QED) is 0.378. The minimum absolute atomic E-state index is 0.0776. The molecule has 5 rings (SSSR count). The second kappa shape index (κ2) is 12.3. The number of hydrogen-bond acceptors (Lipinski definition) is 7. The zero-order chi connectivity index (χ0) is 27.4. The van der Waals surface area contributed by atoms with Gasteiger partial charge in [0.05, 0.1) is 25.3 Å². The van der Waals surface area contributed by atoms with Gasteiger partial charge < -0.3 is 25.4 Å². The number of nitrogens with one attached hydrogen (secondary N) is 2. The van der Waals surface area contributed by atoms with Gasteiger partial charge in [0.1, 0.15) is 10.8 Å². The van der Waals surface area contributed by atoms with Crippen LogP contribution in [-0.4, -0.2) is 65.2 Å². The molecule has 2 aromatic carbocycles. The molecule has 2 aliphatic rings. The molecule has 206 valence electrons. The van der Waals surface area contributed by atoms with Crippen LogP contribution in [0.2, 0.25) is 0 Å². The van der Waals surface area contributed by atoms with E-state index in [1.807, 2.05) is 42.6 Å². The highest BCUT2D eigenvalue weighted by atomic mass is 32.1. The van der Waals surface area contributed by atoms with Gasteiger partial charge >= 0.3 is 0 Å². The molecule has 1 saturated heterocycles. The lowest BCUT2D eigenvalue weighted by Gasteiger charge is -2.29. The Kier molecular flexibility index (Phi) is 8.60. The first kappa shape index (κ1) is 27.3. The van der Waals surface area contributed by atoms with Gasteiger partial charge in [0, 0.05) is 40.9 Å². The molecule has 0 spiro atoms. The summed E-state index contributed by atoms with van der Waals surface area (Å²) in [5.74, 6) is 0.0702. The smallest absolute Gasteiger partial charge is 0.254 e. The van der Waals surface area contributed by atoms with E-state index in [4.69, 9.17) is 4.74 Å². The molecule has 3 aromatic rings. The van der Waals surface area contributed by atoms with Crippen molar-refractivity contribution in [2.75, 3.05) is 20.2 Å². The largest absolute Gasteiger partial charge is 0.493 e. The number of carbonyl (C=O) groups is 2. The normalized spacial score (nSPS) is 18.1. The highest BCUT2D eigenvalue weighted by molar-refractivity contribution is 7.09. The van der Waals surface area contributed by atoms with Crippen LogP contribution < -0.4 is 15.4 Å². The van der Waals surface area contributed by atoms with Crippen molar-refractivity contribution < 1.29 is 19.4 Å². The first-order valence-corrected chi connectivity index (χ1v) is 14.5. The maximum atomic E-state index is 13.7. The van der Waals surface area contributed by atoms with Gasteiger partial charge in [-0.25, -0.2) is 4.98 Å². The van der Waals surface area contributed by atoms with Crippen molar-refractivity contribution in [3.63, 3.8) is 0 Å². The summed E-state index contributed by atoms with van der Waals surface area (Å²) in [5, 5.41) is 20.5. The van der Waals surface area contributed by atoms with E-state index in [-0.39, 0.29) is 17.9 Å². The van der Waals surface area contributed by atoms with Crippen molar-refractivity contribution in [1.29, 1.82) is 0 Å². The van der Waals surface area contributed by atoms with Crippen LogP contribution >= 0.6 is 11.3 Å². The third-order valence-corrected chi connectivity index (χ3v) is 8.41. The Bertz CT molecular complexity index is 1310. The monoisotopic (exact) mass is 548 g/mol. The van der Waals surface area contributed by atoms with Gasteiger partial charge in [0.25, 0.3) is 11.8 Å². The summed E-state index contributed by atoms with van der Waals surface area (Å²) in [6, 6.07) is 12.7. The molecule has 3 atom stereocenters. The molecular formula is C30H36N4O4S. The van der Waals surface area contributed by atoms with Gasteiger partial charge in [0.15, 0.2) is 0 Å². The number of benzene rings is 2. The Hall–Kier alpha value is -3.27. The second-order valence-electron chi connectivity index (χ2n) is 10.5. The summed E-state index contributed by atoms with van der Waals surface area (Å²) >= 11 is 1.53. The fraction of sp³-hybridized carbons (Fsp3) is 0.433. The Balaban J connectivity index is 1.40. The molecule has 0 saturated carbocycles. The molecule has 39 heavy (non-hydrogen) atoms. The Morgan fingerprint density at radius 1 is 1.26 bits per heavy atom. The average Bonchev–Trinajstić information content (AvgIpc) is 3.64. The molecule has 2 aliphatic heterocycles. The molecular weight excluding hydrogens is 512 g/mol. The SMILES string of the molecule is Cc1csc(CN(C)C(=O)c2cc(C(=O)N[C@@H](Cc3ccccc3)[C@H](O)[C@H]3CCCN3)cc3c2CCCO3)n1. The topological polar surface area (TPSA) is 104 Å². The predicted molar refractivity (Wildman–Crippen MR) is 151 cm³/mol. The van der Waals surface area contributed by atoms with Crippen LogP contribution in [-0.2, 0) is 19.4 Å². The number of carbonyl (C=O) groups excluding carboxylic acids is 2. The summed E-state index contributed by atoms with van der Waals surface area (Å²) in [6.45, 7) is 3.73.